The lowest BCUT2D eigenvalue weighted by atomic mass is 9.85. The lowest BCUT2D eigenvalue weighted by Crippen LogP contribution is -3.00. The Bertz CT molecular complexity index is 806. The first-order valence-corrected chi connectivity index (χ1v) is 12.9. The van der Waals surface area contributed by atoms with E-state index in [1.807, 2.05) is 64.1 Å². The molecule has 0 saturated carbocycles. The minimum Gasteiger partial charge on any atom is -1.00 e. The van der Waals surface area contributed by atoms with Crippen LogP contribution in [0.15, 0.2) is 36.4 Å². The van der Waals surface area contributed by atoms with Crippen molar-refractivity contribution in [2.45, 2.75) is 55.4 Å². The van der Waals surface area contributed by atoms with Gasteiger partial charge < -0.3 is 42.9 Å². The maximum atomic E-state index is 12.9. The number of hydrogen-bond acceptors (Lipinski definition) is 2. The van der Waals surface area contributed by atoms with Crippen LogP contribution in [0.5, 0.6) is 0 Å². The predicted octanol–water partition coefficient (Wildman–Crippen LogP) is -0.116. The fourth-order valence-electron chi connectivity index (χ4n) is 4.47. The highest BCUT2D eigenvalue weighted by molar-refractivity contribution is 5.98. The minimum absolute atomic E-state index is 0. The summed E-state index contributed by atoms with van der Waals surface area (Å²) in [7, 11) is 4.42. The molecule has 0 aliphatic heterocycles. The zero-order valence-electron chi connectivity index (χ0n) is 24.3. The van der Waals surface area contributed by atoms with Gasteiger partial charge in [0.25, 0.3) is 0 Å². The number of allylic oxidation sites excluding steroid dienone is 2. The first-order valence-electron chi connectivity index (χ1n) is 12.9. The summed E-state index contributed by atoms with van der Waals surface area (Å²) in [4.78, 5) is 25.8. The van der Waals surface area contributed by atoms with Crippen molar-refractivity contribution in [3.05, 3.63) is 47.5 Å². The monoisotopic (exact) mass is 628 g/mol. The van der Waals surface area contributed by atoms with Crippen molar-refractivity contribution in [1.82, 2.24) is 0 Å². The van der Waals surface area contributed by atoms with E-state index < -0.39 is 10.8 Å². The number of halogens is 2. The third-order valence-electron chi connectivity index (χ3n) is 7.73. The summed E-state index contributed by atoms with van der Waals surface area (Å²) in [5, 5.41) is 0. The molecule has 0 amide bonds. The Morgan fingerprint density at radius 1 is 0.639 bits per heavy atom. The Labute approximate surface area is 242 Å². The van der Waals surface area contributed by atoms with E-state index in [2.05, 4.69) is 41.8 Å². The van der Waals surface area contributed by atoms with E-state index in [0.717, 1.165) is 59.4 Å². The number of nitrogens with zero attached hydrogens (tertiary/aromatic N) is 2. The van der Waals surface area contributed by atoms with Crippen LogP contribution in [-0.2, 0) is 9.59 Å². The Kier molecular flexibility index (Phi) is 15.8. The Morgan fingerprint density at radius 2 is 0.889 bits per heavy atom. The predicted molar refractivity (Wildman–Crippen MR) is 146 cm³/mol. The maximum Gasteiger partial charge on any atom is 0.166 e. The van der Waals surface area contributed by atoms with Crippen LogP contribution in [0.25, 0.3) is 12.2 Å². The topological polar surface area (TPSA) is 34.1 Å². The molecule has 0 aliphatic rings. The highest BCUT2D eigenvalue weighted by Gasteiger charge is 2.35. The van der Waals surface area contributed by atoms with Crippen molar-refractivity contribution >= 4 is 23.7 Å². The summed E-state index contributed by atoms with van der Waals surface area (Å²) in [5.74, 6) is 0.306. The summed E-state index contributed by atoms with van der Waals surface area (Å²) in [6.45, 7) is 22.6. The van der Waals surface area contributed by atoms with Crippen LogP contribution >= 0.6 is 0 Å². The van der Waals surface area contributed by atoms with Gasteiger partial charge in [-0.3, -0.25) is 9.59 Å². The van der Waals surface area contributed by atoms with Gasteiger partial charge in [-0.25, -0.2) is 0 Å². The second-order valence-electron chi connectivity index (χ2n) is 11.6. The highest BCUT2D eigenvalue weighted by Crippen LogP contribution is 2.24. The normalized spacial score (nSPS) is 12.9. The van der Waals surface area contributed by atoms with Gasteiger partial charge in [-0.05, 0) is 78.7 Å². The lowest BCUT2D eigenvalue weighted by Gasteiger charge is -2.38. The van der Waals surface area contributed by atoms with Crippen molar-refractivity contribution in [2.24, 2.45) is 10.8 Å². The molecule has 6 heteroatoms. The van der Waals surface area contributed by atoms with E-state index in [1.54, 1.807) is 12.2 Å². The number of carbonyl (C=O) groups excluding carboxylic acids is 2. The van der Waals surface area contributed by atoms with Crippen LogP contribution in [0.1, 0.15) is 66.5 Å². The highest BCUT2D eigenvalue weighted by atomic mass is 79.9. The van der Waals surface area contributed by atoms with Crippen LogP contribution in [0.4, 0.5) is 0 Å². The molecule has 0 spiro atoms. The van der Waals surface area contributed by atoms with E-state index in [0.29, 0.717) is 0 Å². The molecule has 0 radical (unpaired) electrons. The first kappa shape index (κ1) is 37.1. The van der Waals surface area contributed by atoms with Gasteiger partial charge >= 0.3 is 0 Å². The fraction of sp³-hybridized carbons (Fsp3) is 0.600. The van der Waals surface area contributed by atoms with Crippen molar-refractivity contribution in [3.8, 4) is 0 Å². The number of quaternary nitrogens is 2. The largest absolute Gasteiger partial charge is 1.00 e. The molecule has 4 nitrogen and oxygen atoms in total. The molecule has 1 aromatic carbocycles. The number of benzene rings is 1. The molecule has 0 heterocycles. The molecule has 0 bridgehead atoms. The van der Waals surface area contributed by atoms with Gasteiger partial charge in [-0.1, -0.05) is 36.4 Å². The van der Waals surface area contributed by atoms with Gasteiger partial charge in [-0.2, -0.15) is 0 Å². The standard InChI is InChI=1S/C30H50N2O2.2BrH/c1-11-31(9,12-2)23-29(5,6)27(33)21-19-25-15-17-26(18-16-25)20-22-28(34)30(7,8)24-32(10,13-3)14-4;;/h15-22H,11-14,23-24H2,1-10H3;2*1H/q+2;;/p-2/b21-19+,22-20+;;. The smallest absolute Gasteiger partial charge is 0.166 e. The molecular formula is C30H50Br2N2O2. The molecule has 0 unspecified atom stereocenters. The molecule has 0 aromatic heterocycles. The van der Waals surface area contributed by atoms with Gasteiger partial charge in [0.05, 0.1) is 64.2 Å². The van der Waals surface area contributed by atoms with Crippen LogP contribution < -0.4 is 34.0 Å². The van der Waals surface area contributed by atoms with Gasteiger partial charge in [0.2, 0.25) is 0 Å². The second-order valence-corrected chi connectivity index (χ2v) is 11.6. The van der Waals surface area contributed by atoms with Crippen LogP contribution in [0.3, 0.4) is 0 Å². The third kappa shape index (κ3) is 11.1. The van der Waals surface area contributed by atoms with Gasteiger partial charge in [0.1, 0.15) is 0 Å². The Morgan fingerprint density at radius 3 is 1.11 bits per heavy atom. The number of carbonyl (C=O) groups is 2. The summed E-state index contributed by atoms with van der Waals surface area (Å²) in [5.41, 5.74) is 1.15. The van der Waals surface area contributed by atoms with Gasteiger partial charge in [-0.15, -0.1) is 0 Å². The van der Waals surface area contributed by atoms with E-state index in [9.17, 15) is 9.59 Å². The van der Waals surface area contributed by atoms with Gasteiger partial charge in [0, 0.05) is 0 Å². The molecule has 0 atom stereocenters. The second kappa shape index (κ2) is 15.4. The molecular weight excluding hydrogens is 580 g/mol. The maximum absolute atomic E-state index is 12.9. The lowest BCUT2D eigenvalue weighted by molar-refractivity contribution is -0.910. The van der Waals surface area contributed by atoms with Crippen LogP contribution in [0, 0.1) is 10.8 Å². The molecule has 206 valence electrons. The summed E-state index contributed by atoms with van der Waals surface area (Å²) in [6.07, 6.45) is 7.21. The average Bonchev–Trinajstić information content (AvgIpc) is 2.80. The average molecular weight is 631 g/mol. The summed E-state index contributed by atoms with van der Waals surface area (Å²) < 4.78 is 1.77. The first-order chi connectivity index (χ1) is 15.7. The van der Waals surface area contributed by atoms with Crippen LogP contribution in [0.2, 0.25) is 0 Å². The number of hydrogen-bond donors (Lipinski definition) is 0. The van der Waals surface area contributed by atoms with Crippen LogP contribution in [-0.4, -0.2) is 73.9 Å². The van der Waals surface area contributed by atoms with Gasteiger partial charge in [0.15, 0.2) is 11.6 Å². The molecule has 0 aliphatic carbocycles. The number of ketones is 2. The Balaban J connectivity index is 0. The van der Waals surface area contributed by atoms with E-state index in [1.165, 1.54) is 0 Å². The van der Waals surface area contributed by atoms with E-state index >= 15 is 0 Å². The third-order valence-corrected chi connectivity index (χ3v) is 7.73. The Hall–Kier alpha value is -1.08. The quantitative estimate of drug-likeness (QED) is 0.213. The van der Waals surface area contributed by atoms with Crippen molar-refractivity contribution in [2.75, 3.05) is 53.4 Å². The summed E-state index contributed by atoms with van der Waals surface area (Å²) >= 11 is 0. The van der Waals surface area contributed by atoms with Crippen molar-refractivity contribution < 1.29 is 52.5 Å². The molecule has 1 aromatic rings. The zero-order chi connectivity index (χ0) is 26.2. The molecule has 36 heavy (non-hydrogen) atoms. The van der Waals surface area contributed by atoms with Crippen molar-refractivity contribution in [1.29, 1.82) is 0 Å². The van der Waals surface area contributed by atoms with E-state index in [4.69, 9.17) is 0 Å². The zero-order valence-corrected chi connectivity index (χ0v) is 27.5. The number of rotatable bonds is 14. The SMILES string of the molecule is CC[N+](C)(CC)CC(C)(C)C(=O)/C=C/c1ccc(/C=C/C(=O)C(C)(C)C[N+](C)(CC)CC)cc1.[Br-].[Br-]. The fourth-order valence-corrected chi connectivity index (χ4v) is 4.47. The van der Waals surface area contributed by atoms with Crippen molar-refractivity contribution in [3.63, 3.8) is 0 Å². The molecule has 0 saturated heterocycles. The van der Waals surface area contributed by atoms with E-state index in [-0.39, 0.29) is 45.5 Å². The summed E-state index contributed by atoms with van der Waals surface area (Å²) in [6, 6.07) is 7.97. The molecule has 0 fully saturated rings. The molecule has 1 rings (SSSR count). The molecule has 0 N–H and O–H groups in total. The minimum atomic E-state index is -0.405.